The van der Waals surface area contributed by atoms with Crippen molar-refractivity contribution in [3.8, 4) is 5.75 Å². The number of hydrogen-bond acceptors (Lipinski definition) is 5. The second kappa shape index (κ2) is 8.25. The van der Waals surface area contributed by atoms with Gasteiger partial charge in [-0.25, -0.2) is 0 Å². The first-order chi connectivity index (χ1) is 11.9. The summed E-state index contributed by atoms with van der Waals surface area (Å²) in [7, 11) is 0. The zero-order valence-electron chi connectivity index (χ0n) is 14.1. The first kappa shape index (κ1) is 18.4. The van der Waals surface area contributed by atoms with Gasteiger partial charge in [-0.2, -0.15) is 0 Å². The maximum Gasteiger partial charge on any atom is 0.269 e. The third kappa shape index (κ3) is 5.29. The summed E-state index contributed by atoms with van der Waals surface area (Å²) in [5, 5.41) is 23.1. The highest BCUT2D eigenvalue weighted by molar-refractivity contribution is 5.94. The van der Waals surface area contributed by atoms with Crippen LogP contribution < -0.4 is 10.1 Å². The number of aryl methyl sites for hydroxylation is 2. The molecule has 0 aromatic heterocycles. The molecule has 2 rings (SSSR count). The van der Waals surface area contributed by atoms with Crippen LogP contribution >= 0.6 is 0 Å². The van der Waals surface area contributed by atoms with E-state index in [0.29, 0.717) is 11.3 Å². The Balaban J connectivity index is 1.79. The molecule has 0 aliphatic carbocycles. The average Bonchev–Trinajstić information content (AvgIpc) is 2.60. The molecule has 0 spiro atoms. The largest absolute Gasteiger partial charge is 0.491 e. The number of carbonyl (C=O) groups is 1. The van der Waals surface area contributed by atoms with E-state index in [4.69, 9.17) is 4.74 Å². The van der Waals surface area contributed by atoms with Crippen LogP contribution in [-0.2, 0) is 0 Å². The number of aliphatic hydroxyl groups is 1. The smallest absolute Gasteiger partial charge is 0.269 e. The lowest BCUT2D eigenvalue weighted by Crippen LogP contribution is -2.35. The Kier molecular flexibility index (Phi) is 6.08. The molecule has 0 heterocycles. The Morgan fingerprint density at radius 2 is 1.88 bits per heavy atom. The number of nitro benzene ring substituents is 1. The molecule has 0 saturated carbocycles. The highest BCUT2D eigenvalue weighted by Crippen LogP contribution is 2.17. The van der Waals surface area contributed by atoms with Gasteiger partial charge in [0.2, 0.25) is 0 Å². The van der Waals surface area contributed by atoms with Gasteiger partial charge in [-0.3, -0.25) is 14.9 Å². The van der Waals surface area contributed by atoms with Crippen molar-refractivity contribution < 1.29 is 19.6 Å². The summed E-state index contributed by atoms with van der Waals surface area (Å²) in [6.07, 6.45) is -0.898. The van der Waals surface area contributed by atoms with Crippen molar-refractivity contribution in [3.05, 3.63) is 69.3 Å². The number of carbonyl (C=O) groups excluding carboxylic acids is 1. The number of nitrogens with zero attached hydrogens (tertiary/aromatic N) is 1. The van der Waals surface area contributed by atoms with E-state index in [1.807, 2.05) is 19.9 Å². The number of benzene rings is 2. The van der Waals surface area contributed by atoms with Gasteiger partial charge < -0.3 is 15.2 Å². The predicted octanol–water partition coefficient (Wildman–Crippen LogP) is 2.38. The van der Waals surface area contributed by atoms with E-state index in [1.165, 1.54) is 24.3 Å². The summed E-state index contributed by atoms with van der Waals surface area (Å²) in [4.78, 5) is 22.1. The first-order valence-corrected chi connectivity index (χ1v) is 7.77. The van der Waals surface area contributed by atoms with Crippen molar-refractivity contribution in [1.29, 1.82) is 0 Å². The minimum absolute atomic E-state index is 0.0337. The topological polar surface area (TPSA) is 102 Å². The van der Waals surface area contributed by atoms with Gasteiger partial charge in [-0.1, -0.05) is 6.07 Å². The van der Waals surface area contributed by atoms with Crippen LogP contribution in [0.15, 0.2) is 42.5 Å². The Morgan fingerprint density at radius 3 is 2.48 bits per heavy atom. The molecule has 0 unspecified atom stereocenters. The van der Waals surface area contributed by atoms with E-state index in [1.54, 1.807) is 12.1 Å². The number of non-ortho nitro benzene ring substituents is 1. The molecule has 0 radical (unpaired) electrons. The summed E-state index contributed by atoms with van der Waals surface area (Å²) in [6.45, 7) is 3.90. The summed E-state index contributed by atoms with van der Waals surface area (Å²) in [5.41, 5.74) is 2.63. The van der Waals surface area contributed by atoms with Crippen molar-refractivity contribution in [2.45, 2.75) is 20.0 Å². The molecule has 0 saturated heterocycles. The van der Waals surface area contributed by atoms with E-state index >= 15 is 0 Å². The Morgan fingerprint density at radius 1 is 1.20 bits per heavy atom. The Labute approximate surface area is 145 Å². The molecular weight excluding hydrogens is 324 g/mol. The second-order valence-electron chi connectivity index (χ2n) is 5.72. The summed E-state index contributed by atoms with van der Waals surface area (Å²) < 4.78 is 5.35. The molecule has 2 N–H and O–H groups in total. The summed E-state index contributed by atoms with van der Waals surface area (Å²) in [5.74, 6) is 0.141. The maximum absolute atomic E-state index is 12.1. The monoisotopic (exact) mass is 344 g/mol. The molecular formula is C18H20N2O5. The molecule has 132 valence electrons. The second-order valence-corrected chi connectivity index (χ2v) is 5.72. The van der Waals surface area contributed by atoms with Crippen LogP contribution in [0.25, 0.3) is 0 Å². The van der Waals surface area contributed by atoms with E-state index in [9.17, 15) is 20.0 Å². The maximum atomic E-state index is 12.1. The highest BCUT2D eigenvalue weighted by Gasteiger charge is 2.11. The number of ether oxygens (including phenoxy) is 1. The third-order valence-corrected chi connectivity index (χ3v) is 3.76. The first-order valence-electron chi connectivity index (χ1n) is 7.77. The minimum Gasteiger partial charge on any atom is -0.491 e. The van der Waals surface area contributed by atoms with Gasteiger partial charge >= 0.3 is 0 Å². The lowest BCUT2D eigenvalue weighted by atomic mass is 10.1. The molecule has 1 amide bonds. The molecule has 7 heteroatoms. The number of nitrogens with one attached hydrogen (secondary N) is 1. The number of amides is 1. The van der Waals surface area contributed by atoms with Crippen molar-refractivity contribution in [1.82, 2.24) is 5.32 Å². The van der Waals surface area contributed by atoms with Crippen LogP contribution in [-0.4, -0.2) is 35.2 Å². The van der Waals surface area contributed by atoms with E-state index in [2.05, 4.69) is 5.32 Å². The number of nitro groups is 1. The van der Waals surface area contributed by atoms with E-state index in [0.717, 1.165) is 11.1 Å². The standard InChI is InChI=1S/C18H20N2O5/c1-12-3-4-14(9-13(12)2)18(22)19-10-16(21)11-25-17-7-5-15(6-8-17)20(23)24/h3-9,16,21H,10-11H2,1-2H3,(H,19,22)/t16-/m0/s1. The van der Waals surface area contributed by atoms with Crippen molar-refractivity contribution >= 4 is 11.6 Å². The molecule has 0 fully saturated rings. The van der Waals surface area contributed by atoms with Crippen LogP contribution in [0.5, 0.6) is 5.75 Å². The van der Waals surface area contributed by atoms with Gasteiger partial charge in [0.15, 0.2) is 0 Å². The molecule has 7 nitrogen and oxygen atoms in total. The molecule has 0 bridgehead atoms. The minimum atomic E-state index is -0.898. The molecule has 2 aromatic rings. The third-order valence-electron chi connectivity index (χ3n) is 3.76. The molecule has 0 aliphatic rings. The number of rotatable bonds is 7. The summed E-state index contributed by atoms with van der Waals surface area (Å²) >= 11 is 0. The normalized spacial score (nSPS) is 11.6. The van der Waals surface area contributed by atoms with Crippen molar-refractivity contribution in [3.63, 3.8) is 0 Å². The summed E-state index contributed by atoms with van der Waals surface area (Å²) in [6, 6.07) is 11.0. The number of aliphatic hydroxyl groups excluding tert-OH is 1. The van der Waals surface area contributed by atoms with E-state index < -0.39 is 11.0 Å². The molecule has 0 aliphatic heterocycles. The van der Waals surface area contributed by atoms with Crippen molar-refractivity contribution in [2.24, 2.45) is 0 Å². The fraction of sp³-hybridized carbons (Fsp3) is 0.278. The lowest BCUT2D eigenvalue weighted by Gasteiger charge is -2.13. The van der Waals surface area contributed by atoms with Crippen molar-refractivity contribution in [2.75, 3.05) is 13.2 Å². The predicted molar refractivity (Wildman–Crippen MR) is 92.8 cm³/mol. The highest BCUT2D eigenvalue weighted by atomic mass is 16.6. The Bertz CT molecular complexity index is 759. The van der Waals surface area contributed by atoms with Crippen LogP contribution in [0.1, 0.15) is 21.5 Å². The van der Waals surface area contributed by atoms with Gasteiger partial charge in [0, 0.05) is 24.2 Å². The number of hydrogen-bond donors (Lipinski definition) is 2. The molecule has 25 heavy (non-hydrogen) atoms. The van der Waals surface area contributed by atoms with Crippen LogP contribution in [0, 0.1) is 24.0 Å². The zero-order valence-corrected chi connectivity index (χ0v) is 14.1. The lowest BCUT2D eigenvalue weighted by molar-refractivity contribution is -0.384. The zero-order chi connectivity index (χ0) is 18.4. The van der Waals surface area contributed by atoms with Gasteiger partial charge in [0.1, 0.15) is 18.5 Å². The SMILES string of the molecule is Cc1ccc(C(=O)NC[C@H](O)COc2ccc([N+](=O)[O-])cc2)cc1C. The van der Waals surface area contributed by atoms with Crippen LogP contribution in [0.2, 0.25) is 0 Å². The van der Waals surface area contributed by atoms with Gasteiger partial charge in [0.25, 0.3) is 11.6 Å². The average molecular weight is 344 g/mol. The fourth-order valence-corrected chi connectivity index (χ4v) is 2.11. The van der Waals surface area contributed by atoms with E-state index in [-0.39, 0.29) is 24.7 Å². The molecule has 1 atom stereocenters. The van der Waals surface area contributed by atoms with Crippen LogP contribution in [0.4, 0.5) is 5.69 Å². The van der Waals surface area contributed by atoms with Gasteiger partial charge in [0.05, 0.1) is 4.92 Å². The van der Waals surface area contributed by atoms with Crippen LogP contribution in [0.3, 0.4) is 0 Å². The fourth-order valence-electron chi connectivity index (χ4n) is 2.11. The Hall–Kier alpha value is -2.93. The van der Waals surface area contributed by atoms with Gasteiger partial charge in [-0.05, 0) is 49.2 Å². The quantitative estimate of drug-likeness (QED) is 0.593. The van der Waals surface area contributed by atoms with Gasteiger partial charge in [-0.15, -0.1) is 0 Å². The molecule has 2 aromatic carbocycles.